The zero-order chi connectivity index (χ0) is 14.6. The zero-order valence-corrected chi connectivity index (χ0v) is 11.8. The Kier molecular flexibility index (Phi) is 4.82. The molecule has 20 heavy (non-hydrogen) atoms. The minimum atomic E-state index is -0.994. The monoisotopic (exact) mass is 286 g/mol. The van der Waals surface area contributed by atoms with E-state index in [9.17, 15) is 9.59 Å². The number of hydrogen-bond acceptors (Lipinski definition) is 4. The summed E-state index contributed by atoms with van der Waals surface area (Å²) in [6, 6.07) is -0.345. The third-order valence-corrected chi connectivity index (χ3v) is 3.85. The van der Waals surface area contributed by atoms with Crippen LogP contribution in [0.4, 0.5) is 4.79 Å². The number of carbonyl (C=O) groups is 2. The largest absolute Gasteiger partial charge is 0.480 e. The van der Waals surface area contributed by atoms with Gasteiger partial charge in [-0.1, -0.05) is 0 Å². The van der Waals surface area contributed by atoms with E-state index in [0.29, 0.717) is 32.2 Å². The molecule has 7 nitrogen and oxygen atoms in total. The van der Waals surface area contributed by atoms with Gasteiger partial charge < -0.3 is 24.8 Å². The van der Waals surface area contributed by atoms with Crippen LogP contribution in [0, 0.1) is 5.92 Å². The van der Waals surface area contributed by atoms with Gasteiger partial charge in [0.2, 0.25) is 0 Å². The highest BCUT2D eigenvalue weighted by atomic mass is 16.5. The fourth-order valence-electron chi connectivity index (χ4n) is 2.30. The summed E-state index contributed by atoms with van der Waals surface area (Å²) < 4.78 is 10.7. The molecule has 0 aromatic heterocycles. The highest BCUT2D eigenvalue weighted by Crippen LogP contribution is 2.29. The Bertz CT molecular complexity index is 364. The van der Waals surface area contributed by atoms with E-state index in [0.717, 1.165) is 19.3 Å². The van der Waals surface area contributed by atoms with Crippen molar-refractivity contribution in [1.82, 2.24) is 10.2 Å². The summed E-state index contributed by atoms with van der Waals surface area (Å²) in [5.74, 6) is -0.544. The molecular weight excluding hydrogens is 264 g/mol. The molecule has 1 saturated heterocycles. The average Bonchev–Trinajstić information content (AvgIpc) is 3.11. The van der Waals surface area contributed by atoms with Gasteiger partial charge in [0.15, 0.2) is 0 Å². The molecule has 1 saturated carbocycles. The lowest BCUT2D eigenvalue weighted by Gasteiger charge is -2.28. The second kappa shape index (κ2) is 6.41. The Labute approximate surface area is 118 Å². The van der Waals surface area contributed by atoms with Crippen LogP contribution in [0.15, 0.2) is 0 Å². The minimum Gasteiger partial charge on any atom is -0.480 e. The molecule has 0 radical (unpaired) electrons. The molecule has 0 aromatic carbocycles. The number of ether oxygens (including phenoxy) is 2. The maximum atomic E-state index is 12.1. The first-order valence-corrected chi connectivity index (χ1v) is 6.92. The molecule has 2 rings (SSSR count). The summed E-state index contributed by atoms with van der Waals surface area (Å²) in [4.78, 5) is 24.3. The number of carboxylic acid groups (broad SMARTS) is 1. The first kappa shape index (κ1) is 15.1. The van der Waals surface area contributed by atoms with Crippen LogP contribution in [0.3, 0.4) is 0 Å². The highest BCUT2D eigenvalue weighted by Gasteiger charge is 2.36. The van der Waals surface area contributed by atoms with Gasteiger partial charge >= 0.3 is 12.0 Å². The molecule has 1 unspecified atom stereocenters. The van der Waals surface area contributed by atoms with Crippen molar-refractivity contribution in [3.8, 4) is 0 Å². The van der Waals surface area contributed by atoms with E-state index in [2.05, 4.69) is 5.32 Å². The predicted octanol–water partition coefficient (Wildman–Crippen LogP) is 0.298. The molecule has 1 aliphatic carbocycles. The van der Waals surface area contributed by atoms with E-state index in [1.165, 1.54) is 4.90 Å². The predicted molar refractivity (Wildman–Crippen MR) is 70.5 cm³/mol. The van der Waals surface area contributed by atoms with Crippen LogP contribution in [0.5, 0.6) is 0 Å². The van der Waals surface area contributed by atoms with E-state index in [1.54, 1.807) is 7.11 Å². The van der Waals surface area contributed by atoms with Gasteiger partial charge in [-0.3, -0.25) is 4.79 Å². The van der Waals surface area contributed by atoms with Crippen LogP contribution < -0.4 is 5.32 Å². The maximum absolute atomic E-state index is 12.1. The van der Waals surface area contributed by atoms with Crippen molar-refractivity contribution in [2.45, 2.75) is 24.9 Å². The third-order valence-electron chi connectivity index (χ3n) is 3.85. The molecule has 2 aliphatic rings. The van der Waals surface area contributed by atoms with Crippen molar-refractivity contribution in [3.05, 3.63) is 0 Å². The van der Waals surface area contributed by atoms with Crippen LogP contribution in [0.25, 0.3) is 0 Å². The number of rotatable bonds is 7. The molecule has 0 bridgehead atoms. The Morgan fingerprint density at radius 2 is 2.25 bits per heavy atom. The number of methoxy groups -OCH3 is 1. The molecular formula is C13H22N2O5. The first-order valence-electron chi connectivity index (χ1n) is 6.92. The number of carbonyl (C=O) groups excluding carboxylic acids is 1. The molecule has 7 heteroatoms. The number of nitrogens with one attached hydrogen (secondary N) is 1. The van der Waals surface area contributed by atoms with Crippen LogP contribution in [-0.4, -0.2) is 67.6 Å². The van der Waals surface area contributed by atoms with E-state index in [-0.39, 0.29) is 12.6 Å². The van der Waals surface area contributed by atoms with Crippen molar-refractivity contribution < 1.29 is 24.2 Å². The van der Waals surface area contributed by atoms with E-state index < -0.39 is 11.6 Å². The van der Waals surface area contributed by atoms with Gasteiger partial charge in [-0.25, -0.2) is 4.79 Å². The van der Waals surface area contributed by atoms with Crippen molar-refractivity contribution in [2.75, 3.05) is 40.0 Å². The van der Waals surface area contributed by atoms with Crippen LogP contribution in [-0.2, 0) is 14.3 Å². The fraction of sp³-hybridized carbons (Fsp3) is 0.846. The van der Waals surface area contributed by atoms with Gasteiger partial charge in [-0.05, 0) is 18.8 Å². The van der Waals surface area contributed by atoms with Crippen molar-refractivity contribution in [2.24, 2.45) is 5.92 Å². The number of nitrogens with zero attached hydrogens (tertiary/aromatic N) is 1. The van der Waals surface area contributed by atoms with Crippen molar-refractivity contribution in [3.63, 3.8) is 0 Å². The van der Waals surface area contributed by atoms with Crippen LogP contribution in [0.2, 0.25) is 0 Å². The number of amides is 2. The number of carboxylic acids is 1. The Morgan fingerprint density at radius 1 is 1.50 bits per heavy atom. The first-order chi connectivity index (χ1) is 9.54. The Hall–Kier alpha value is -1.34. The Morgan fingerprint density at radius 3 is 2.75 bits per heavy atom. The summed E-state index contributed by atoms with van der Waals surface area (Å²) in [5, 5.41) is 11.6. The van der Waals surface area contributed by atoms with Crippen molar-refractivity contribution in [1.29, 1.82) is 0 Å². The third kappa shape index (κ3) is 4.08. The number of urea groups is 1. The summed E-state index contributed by atoms with van der Waals surface area (Å²) >= 11 is 0. The highest BCUT2D eigenvalue weighted by molar-refractivity contribution is 5.80. The fourth-order valence-corrected chi connectivity index (χ4v) is 2.30. The zero-order valence-electron chi connectivity index (χ0n) is 11.8. The maximum Gasteiger partial charge on any atom is 0.323 e. The smallest absolute Gasteiger partial charge is 0.323 e. The van der Waals surface area contributed by atoms with Crippen molar-refractivity contribution >= 4 is 12.0 Å². The summed E-state index contributed by atoms with van der Waals surface area (Å²) in [5.41, 5.74) is -0.482. The average molecular weight is 286 g/mol. The lowest BCUT2D eigenvalue weighted by atomic mass is 10.0. The van der Waals surface area contributed by atoms with Crippen LogP contribution in [0.1, 0.15) is 19.3 Å². The topological polar surface area (TPSA) is 88.1 Å². The van der Waals surface area contributed by atoms with E-state index >= 15 is 0 Å². The quantitative estimate of drug-likeness (QED) is 0.702. The molecule has 0 spiro atoms. The lowest BCUT2D eigenvalue weighted by Crippen LogP contribution is -2.50. The summed E-state index contributed by atoms with van der Waals surface area (Å²) in [6.07, 6.45) is 2.86. The minimum absolute atomic E-state index is 0.265. The Balaban J connectivity index is 1.84. The molecule has 114 valence electrons. The van der Waals surface area contributed by atoms with Gasteiger partial charge in [0, 0.05) is 26.7 Å². The SMILES string of the molecule is COC1(CNC(=O)N(CC(=O)O)CC2CC2)CCOC1. The van der Waals surface area contributed by atoms with Gasteiger partial charge in [-0.2, -0.15) is 0 Å². The lowest BCUT2D eigenvalue weighted by molar-refractivity contribution is -0.137. The molecule has 2 amide bonds. The molecule has 1 atom stereocenters. The molecule has 1 aliphatic heterocycles. The van der Waals surface area contributed by atoms with Gasteiger partial charge in [-0.15, -0.1) is 0 Å². The van der Waals surface area contributed by atoms with Gasteiger partial charge in [0.1, 0.15) is 12.1 Å². The van der Waals surface area contributed by atoms with Gasteiger partial charge in [0.05, 0.1) is 13.2 Å². The van der Waals surface area contributed by atoms with E-state index in [4.69, 9.17) is 14.6 Å². The second-order valence-electron chi connectivity index (χ2n) is 5.57. The summed E-state index contributed by atoms with van der Waals surface area (Å²) in [6.45, 7) is 1.65. The molecule has 2 fully saturated rings. The molecule has 0 aromatic rings. The van der Waals surface area contributed by atoms with Crippen LogP contribution >= 0.6 is 0 Å². The number of aliphatic carboxylic acids is 1. The second-order valence-corrected chi connectivity index (χ2v) is 5.57. The molecule has 2 N–H and O–H groups in total. The normalized spacial score (nSPS) is 25.4. The summed E-state index contributed by atoms with van der Waals surface area (Å²) in [7, 11) is 1.60. The van der Waals surface area contributed by atoms with E-state index in [1.807, 2.05) is 0 Å². The number of hydrogen-bond donors (Lipinski definition) is 2. The van der Waals surface area contributed by atoms with Gasteiger partial charge in [0.25, 0.3) is 0 Å². The molecule has 1 heterocycles. The standard InChI is InChI=1S/C13H22N2O5/c1-19-13(4-5-20-9-13)8-14-12(18)15(7-11(16)17)6-10-2-3-10/h10H,2-9H2,1H3,(H,14,18)(H,16,17).